The van der Waals surface area contributed by atoms with E-state index in [9.17, 15) is 4.79 Å². The van der Waals surface area contributed by atoms with Crippen LogP contribution in [-0.4, -0.2) is 41.6 Å². The van der Waals surface area contributed by atoms with Gasteiger partial charge in [-0.1, -0.05) is 6.58 Å². The van der Waals surface area contributed by atoms with Crippen molar-refractivity contribution in [2.45, 2.75) is 52.2 Å². The molecule has 2 heterocycles. The summed E-state index contributed by atoms with van der Waals surface area (Å²) in [6, 6.07) is 3.52. The normalized spacial score (nSPS) is 20.2. The lowest BCUT2D eigenvalue weighted by Gasteiger charge is -2.52. The van der Waals surface area contributed by atoms with E-state index in [2.05, 4.69) is 39.2 Å². The second kappa shape index (κ2) is 6.49. The molecule has 1 saturated heterocycles. The van der Waals surface area contributed by atoms with Crippen LogP contribution in [0.4, 0.5) is 0 Å². The first-order valence-corrected chi connectivity index (χ1v) is 7.98. The smallest absolute Gasteiger partial charge is 0.261 e. The van der Waals surface area contributed by atoms with E-state index in [1.54, 1.807) is 6.07 Å². The van der Waals surface area contributed by atoms with E-state index < -0.39 is 0 Å². The first kappa shape index (κ1) is 17.8. The zero-order valence-corrected chi connectivity index (χ0v) is 14.8. The Balaban J connectivity index is 2.14. The number of allylic oxidation sites excluding steroid dienone is 1. The lowest BCUT2D eigenvalue weighted by Crippen LogP contribution is -2.62. The third-order valence-corrected chi connectivity index (χ3v) is 4.14. The molecule has 0 saturated carbocycles. The van der Waals surface area contributed by atoms with Gasteiger partial charge in [0, 0.05) is 11.1 Å². The van der Waals surface area contributed by atoms with Crippen LogP contribution < -0.4 is 0 Å². The van der Waals surface area contributed by atoms with Crippen molar-refractivity contribution >= 4 is 5.78 Å². The highest BCUT2D eigenvalue weighted by Gasteiger charge is 2.42. The largest absolute Gasteiger partial charge is 0.490 e. The minimum atomic E-state index is -0.307. The van der Waals surface area contributed by atoms with E-state index in [0.717, 1.165) is 5.76 Å². The van der Waals surface area contributed by atoms with Crippen LogP contribution in [0.1, 0.15) is 50.9 Å². The number of hydrogen-bond acceptors (Lipinski definition) is 5. The SMILES string of the molecule is C=C(OCC)C(=O)c1ccc(CN2C(C)(C)COCC2(C)C)o1. The average molecular weight is 321 g/mol. The summed E-state index contributed by atoms with van der Waals surface area (Å²) < 4.78 is 16.6. The third kappa shape index (κ3) is 3.85. The first-order valence-electron chi connectivity index (χ1n) is 7.98. The lowest BCUT2D eigenvalue weighted by molar-refractivity contribution is -0.133. The summed E-state index contributed by atoms with van der Waals surface area (Å²) in [6.07, 6.45) is 0. The van der Waals surface area contributed by atoms with Gasteiger partial charge in [-0.3, -0.25) is 9.69 Å². The molecule has 0 radical (unpaired) electrons. The number of morpholine rings is 1. The molecule has 0 aliphatic carbocycles. The molecule has 2 rings (SSSR count). The average Bonchev–Trinajstić information content (AvgIpc) is 2.90. The van der Waals surface area contributed by atoms with Gasteiger partial charge < -0.3 is 13.9 Å². The Morgan fingerprint density at radius 1 is 1.26 bits per heavy atom. The molecule has 128 valence electrons. The predicted octanol–water partition coefficient (Wildman–Crippen LogP) is 3.40. The van der Waals surface area contributed by atoms with Crippen molar-refractivity contribution in [3.63, 3.8) is 0 Å². The second-order valence-electron chi connectivity index (χ2n) is 7.16. The molecular formula is C18H27NO4. The van der Waals surface area contributed by atoms with E-state index in [0.29, 0.717) is 26.4 Å². The number of rotatable bonds is 6. The monoisotopic (exact) mass is 321 g/mol. The van der Waals surface area contributed by atoms with Gasteiger partial charge in [-0.2, -0.15) is 0 Å². The van der Waals surface area contributed by atoms with Gasteiger partial charge in [0.1, 0.15) is 5.76 Å². The number of carbonyl (C=O) groups is 1. The molecule has 0 spiro atoms. The molecule has 0 atom stereocenters. The summed E-state index contributed by atoms with van der Waals surface area (Å²) in [4.78, 5) is 14.5. The van der Waals surface area contributed by atoms with Gasteiger partial charge in [-0.05, 0) is 46.8 Å². The van der Waals surface area contributed by atoms with E-state index in [-0.39, 0.29) is 28.4 Å². The Labute approximate surface area is 138 Å². The standard InChI is InChI=1S/C18H27NO4/c1-7-22-13(2)16(20)15-9-8-14(23-15)10-19-17(3,4)11-21-12-18(19,5)6/h8-9H,2,7,10-12H2,1,3-6H3. The van der Waals surface area contributed by atoms with E-state index in [1.807, 2.05) is 13.0 Å². The molecule has 0 aromatic carbocycles. The van der Waals surface area contributed by atoms with Crippen molar-refractivity contribution < 1.29 is 18.7 Å². The number of ketones is 1. The summed E-state index contributed by atoms with van der Waals surface area (Å²) >= 11 is 0. The maximum atomic E-state index is 12.1. The van der Waals surface area contributed by atoms with Gasteiger partial charge in [0.25, 0.3) is 5.78 Å². The zero-order valence-electron chi connectivity index (χ0n) is 14.8. The fourth-order valence-electron chi connectivity index (χ4n) is 3.07. The Morgan fingerprint density at radius 3 is 2.43 bits per heavy atom. The number of hydrogen-bond donors (Lipinski definition) is 0. The number of Topliss-reactive ketones (excluding diaryl/α,β-unsaturated/α-hetero) is 1. The van der Waals surface area contributed by atoms with Gasteiger partial charge in [-0.15, -0.1) is 0 Å². The predicted molar refractivity (Wildman–Crippen MR) is 88.3 cm³/mol. The van der Waals surface area contributed by atoms with Crippen molar-refractivity contribution in [1.29, 1.82) is 0 Å². The molecule has 1 aliphatic heterocycles. The van der Waals surface area contributed by atoms with Crippen LogP contribution in [0, 0.1) is 0 Å². The van der Waals surface area contributed by atoms with Crippen LogP contribution in [0.15, 0.2) is 28.9 Å². The minimum Gasteiger partial charge on any atom is -0.490 e. The molecule has 5 nitrogen and oxygen atoms in total. The summed E-state index contributed by atoms with van der Waals surface area (Å²) in [5.74, 6) is 0.821. The van der Waals surface area contributed by atoms with Crippen LogP contribution in [0.2, 0.25) is 0 Å². The number of nitrogens with zero attached hydrogens (tertiary/aromatic N) is 1. The van der Waals surface area contributed by atoms with Gasteiger partial charge in [-0.25, -0.2) is 0 Å². The molecule has 5 heteroatoms. The molecule has 0 bridgehead atoms. The highest BCUT2D eigenvalue weighted by molar-refractivity contribution is 6.04. The van der Waals surface area contributed by atoms with Gasteiger partial charge in [0.15, 0.2) is 11.5 Å². The molecule has 1 fully saturated rings. The van der Waals surface area contributed by atoms with Crippen LogP contribution in [0.5, 0.6) is 0 Å². The first-order chi connectivity index (χ1) is 10.7. The van der Waals surface area contributed by atoms with Gasteiger partial charge >= 0.3 is 0 Å². The maximum absolute atomic E-state index is 12.1. The third-order valence-electron chi connectivity index (χ3n) is 4.14. The topological polar surface area (TPSA) is 51.9 Å². The van der Waals surface area contributed by atoms with Crippen molar-refractivity contribution in [2.75, 3.05) is 19.8 Å². The molecule has 1 aromatic rings. The van der Waals surface area contributed by atoms with Crippen LogP contribution >= 0.6 is 0 Å². The van der Waals surface area contributed by atoms with E-state index in [4.69, 9.17) is 13.9 Å². The highest BCUT2D eigenvalue weighted by atomic mass is 16.5. The fraction of sp³-hybridized carbons (Fsp3) is 0.611. The van der Waals surface area contributed by atoms with Crippen molar-refractivity contribution in [3.05, 3.63) is 36.0 Å². The van der Waals surface area contributed by atoms with E-state index in [1.165, 1.54) is 0 Å². The molecule has 0 amide bonds. The summed E-state index contributed by atoms with van der Waals surface area (Å²) in [7, 11) is 0. The highest BCUT2D eigenvalue weighted by Crippen LogP contribution is 2.32. The van der Waals surface area contributed by atoms with Crippen LogP contribution in [-0.2, 0) is 16.0 Å². The molecule has 0 unspecified atom stereocenters. The molecule has 0 N–H and O–H groups in total. The van der Waals surface area contributed by atoms with Gasteiger partial charge in [0.2, 0.25) is 0 Å². The van der Waals surface area contributed by atoms with E-state index >= 15 is 0 Å². The Morgan fingerprint density at radius 2 is 1.87 bits per heavy atom. The Hall–Kier alpha value is -1.59. The fourth-order valence-corrected chi connectivity index (χ4v) is 3.07. The molecule has 1 aliphatic rings. The summed E-state index contributed by atoms with van der Waals surface area (Å²) in [5, 5.41) is 0. The minimum absolute atomic E-state index is 0.104. The van der Waals surface area contributed by atoms with Crippen molar-refractivity contribution in [2.24, 2.45) is 0 Å². The Bertz CT molecular complexity index is 570. The van der Waals surface area contributed by atoms with Crippen molar-refractivity contribution in [1.82, 2.24) is 4.90 Å². The molecule has 23 heavy (non-hydrogen) atoms. The number of carbonyl (C=O) groups excluding carboxylic acids is 1. The molecule has 1 aromatic heterocycles. The van der Waals surface area contributed by atoms with Crippen LogP contribution in [0.3, 0.4) is 0 Å². The van der Waals surface area contributed by atoms with Gasteiger partial charge in [0.05, 0.1) is 26.4 Å². The van der Waals surface area contributed by atoms with Crippen LogP contribution in [0.25, 0.3) is 0 Å². The van der Waals surface area contributed by atoms with Crippen molar-refractivity contribution in [3.8, 4) is 0 Å². The number of furan rings is 1. The quantitative estimate of drug-likeness (QED) is 0.456. The lowest BCUT2D eigenvalue weighted by atomic mass is 9.91. The number of ether oxygens (including phenoxy) is 2. The maximum Gasteiger partial charge on any atom is 0.261 e. The molecular weight excluding hydrogens is 294 g/mol. The zero-order chi connectivity index (χ0) is 17.3. The second-order valence-corrected chi connectivity index (χ2v) is 7.16. The summed E-state index contributed by atoms with van der Waals surface area (Å²) in [5.41, 5.74) is -0.207. The summed E-state index contributed by atoms with van der Waals surface area (Å²) in [6.45, 7) is 16.4. The Kier molecular flexibility index (Phi) is 5.01.